The van der Waals surface area contributed by atoms with E-state index in [-0.39, 0.29) is 18.1 Å². The molecule has 4 rings (SSSR count). The van der Waals surface area contributed by atoms with Crippen molar-refractivity contribution in [3.63, 3.8) is 0 Å². The molecule has 0 aliphatic carbocycles. The molecule has 0 atom stereocenters. The fraction of sp³-hybridized carbons (Fsp3) is 0.318. The summed E-state index contributed by atoms with van der Waals surface area (Å²) < 4.78 is 77.1. The van der Waals surface area contributed by atoms with Crippen molar-refractivity contribution in [1.82, 2.24) is 9.29 Å². The number of thiazole rings is 1. The highest BCUT2D eigenvalue weighted by Crippen LogP contribution is 2.36. The zero-order valence-electron chi connectivity index (χ0n) is 18.7. The van der Waals surface area contributed by atoms with Crippen LogP contribution in [0.4, 0.5) is 18.3 Å². The van der Waals surface area contributed by atoms with Crippen molar-refractivity contribution >= 4 is 38.1 Å². The minimum Gasteiger partial charge on any atom is -0.493 e. The Morgan fingerprint density at radius 2 is 1.69 bits per heavy atom. The Kier molecular flexibility index (Phi) is 7.18. The van der Waals surface area contributed by atoms with E-state index in [2.05, 4.69) is 4.98 Å². The number of anilines is 1. The van der Waals surface area contributed by atoms with Gasteiger partial charge in [0.25, 0.3) is 0 Å². The number of ether oxygens (including phenoxy) is 2. The topological polar surface area (TPSA) is 72.0 Å². The second-order valence-electron chi connectivity index (χ2n) is 7.62. The number of alkyl halides is 3. The van der Waals surface area contributed by atoms with Crippen molar-refractivity contribution in [2.24, 2.45) is 0 Å². The molecule has 0 radical (unpaired) electrons. The molecule has 3 aromatic rings. The maximum Gasteiger partial charge on any atom is 0.416 e. The van der Waals surface area contributed by atoms with Gasteiger partial charge in [-0.25, -0.2) is 13.4 Å². The predicted octanol–water partition coefficient (Wildman–Crippen LogP) is 5.01. The van der Waals surface area contributed by atoms with E-state index in [1.807, 2.05) is 22.4 Å². The van der Waals surface area contributed by atoms with Crippen LogP contribution in [0, 0.1) is 0 Å². The lowest BCUT2D eigenvalue weighted by Gasteiger charge is -2.34. The van der Waals surface area contributed by atoms with Crippen molar-refractivity contribution in [2.45, 2.75) is 11.1 Å². The number of methoxy groups -OCH3 is 2. The van der Waals surface area contributed by atoms with Gasteiger partial charge in [0.15, 0.2) is 16.6 Å². The van der Waals surface area contributed by atoms with Gasteiger partial charge in [-0.3, -0.25) is 0 Å². The van der Waals surface area contributed by atoms with Crippen LogP contribution in [0.3, 0.4) is 0 Å². The SMILES string of the molecule is COc1ccc(-c2csc(N3CCN(S(=O)(=O)c4cc(C(F)(F)F)ccc4Cl)CC3)n2)cc1OC. The Morgan fingerprint density at radius 1 is 1.00 bits per heavy atom. The molecule has 7 nitrogen and oxygen atoms in total. The molecule has 0 spiro atoms. The highest BCUT2D eigenvalue weighted by Gasteiger charge is 2.35. The third kappa shape index (κ3) is 5.20. The standard InChI is InChI=1S/C22H21ClF3N3O4S2/c1-32-18-6-3-14(11-19(18)33-2)17-13-34-21(27-17)28-7-9-29(10-8-28)35(30,31)20-12-15(22(24,25)26)4-5-16(20)23/h3-6,11-13H,7-10H2,1-2H3. The average Bonchev–Trinajstić information content (AvgIpc) is 3.33. The van der Waals surface area contributed by atoms with Gasteiger partial charge in [0.1, 0.15) is 4.90 Å². The van der Waals surface area contributed by atoms with Crippen molar-refractivity contribution in [3.05, 3.63) is 52.4 Å². The Bertz CT molecular complexity index is 1320. The van der Waals surface area contributed by atoms with Crippen molar-refractivity contribution in [1.29, 1.82) is 0 Å². The first-order chi connectivity index (χ1) is 16.5. The predicted molar refractivity (Wildman–Crippen MR) is 128 cm³/mol. The van der Waals surface area contributed by atoms with Crippen LogP contribution in [0.2, 0.25) is 5.02 Å². The van der Waals surface area contributed by atoms with Crippen molar-refractivity contribution in [3.8, 4) is 22.8 Å². The monoisotopic (exact) mass is 547 g/mol. The fourth-order valence-corrected chi connectivity index (χ4v) is 6.48. The van der Waals surface area contributed by atoms with E-state index in [1.165, 1.54) is 11.3 Å². The summed E-state index contributed by atoms with van der Waals surface area (Å²) in [7, 11) is -1.10. The van der Waals surface area contributed by atoms with E-state index >= 15 is 0 Å². The number of halogens is 4. The quantitative estimate of drug-likeness (QED) is 0.432. The highest BCUT2D eigenvalue weighted by molar-refractivity contribution is 7.89. The lowest BCUT2D eigenvalue weighted by Crippen LogP contribution is -2.48. The van der Waals surface area contributed by atoms with Gasteiger partial charge in [-0.1, -0.05) is 11.6 Å². The van der Waals surface area contributed by atoms with Gasteiger partial charge in [-0.15, -0.1) is 11.3 Å². The number of hydrogen-bond donors (Lipinski definition) is 0. The second-order valence-corrected chi connectivity index (χ2v) is 10.8. The third-order valence-corrected chi connectivity index (χ3v) is 8.84. The molecule has 2 aromatic carbocycles. The summed E-state index contributed by atoms with van der Waals surface area (Å²) in [6.45, 7) is 0.823. The van der Waals surface area contributed by atoms with E-state index in [1.54, 1.807) is 20.3 Å². The molecule has 13 heteroatoms. The smallest absolute Gasteiger partial charge is 0.416 e. The second kappa shape index (κ2) is 9.84. The van der Waals surface area contributed by atoms with E-state index in [9.17, 15) is 21.6 Å². The zero-order chi connectivity index (χ0) is 25.4. The van der Waals surface area contributed by atoms with Crippen molar-refractivity contribution in [2.75, 3.05) is 45.3 Å². The third-order valence-electron chi connectivity index (χ3n) is 5.56. The van der Waals surface area contributed by atoms with Gasteiger partial charge in [0, 0.05) is 37.1 Å². The number of hydrogen-bond acceptors (Lipinski definition) is 7. The first kappa shape index (κ1) is 25.5. The number of nitrogens with zero attached hydrogens (tertiary/aromatic N) is 3. The number of sulfonamides is 1. The molecule has 0 N–H and O–H groups in total. The molecule has 188 valence electrons. The van der Waals surface area contributed by atoms with Crippen LogP contribution in [0.1, 0.15) is 5.56 Å². The molecule has 1 aromatic heterocycles. The van der Waals surface area contributed by atoms with Crippen LogP contribution in [0.25, 0.3) is 11.3 Å². The van der Waals surface area contributed by atoms with Gasteiger partial charge in [0.05, 0.1) is 30.5 Å². The highest BCUT2D eigenvalue weighted by atomic mass is 35.5. The molecule has 2 heterocycles. The van der Waals surface area contributed by atoms with Crippen LogP contribution in [-0.2, 0) is 16.2 Å². The Hall–Kier alpha value is -2.54. The number of benzene rings is 2. The van der Waals surface area contributed by atoms with E-state index < -0.39 is 26.7 Å². The van der Waals surface area contributed by atoms with E-state index in [4.69, 9.17) is 21.1 Å². The molecule has 0 bridgehead atoms. The van der Waals surface area contributed by atoms with Crippen LogP contribution < -0.4 is 14.4 Å². The van der Waals surface area contributed by atoms with E-state index in [0.717, 1.165) is 27.7 Å². The minimum absolute atomic E-state index is 0.0835. The lowest BCUT2D eigenvalue weighted by atomic mass is 10.1. The lowest BCUT2D eigenvalue weighted by molar-refractivity contribution is -0.137. The fourth-order valence-electron chi connectivity index (χ4n) is 3.67. The summed E-state index contributed by atoms with van der Waals surface area (Å²) in [6.07, 6.45) is -4.68. The molecule has 0 unspecified atom stereocenters. The number of piperazine rings is 1. The molecule has 1 aliphatic rings. The van der Waals surface area contributed by atoms with Gasteiger partial charge < -0.3 is 14.4 Å². The summed E-state index contributed by atoms with van der Waals surface area (Å²) in [6, 6.07) is 7.77. The molecule has 1 fully saturated rings. The van der Waals surface area contributed by atoms with E-state index in [0.29, 0.717) is 35.8 Å². The van der Waals surface area contributed by atoms with Crippen LogP contribution >= 0.6 is 22.9 Å². The zero-order valence-corrected chi connectivity index (χ0v) is 21.1. The van der Waals surface area contributed by atoms with Crippen LogP contribution in [0.15, 0.2) is 46.7 Å². The Morgan fingerprint density at radius 3 is 2.31 bits per heavy atom. The molecule has 1 saturated heterocycles. The van der Waals surface area contributed by atoms with Gasteiger partial charge in [-0.2, -0.15) is 17.5 Å². The summed E-state index contributed by atoms with van der Waals surface area (Å²) in [4.78, 5) is 6.06. The first-order valence-corrected chi connectivity index (χ1v) is 13.0. The average molecular weight is 548 g/mol. The Balaban J connectivity index is 1.49. The normalized spacial score (nSPS) is 15.3. The minimum atomic E-state index is -4.68. The maximum absolute atomic E-state index is 13.1. The number of aromatic nitrogens is 1. The van der Waals surface area contributed by atoms with Gasteiger partial charge in [-0.05, 0) is 36.4 Å². The summed E-state index contributed by atoms with van der Waals surface area (Å²) >= 11 is 7.38. The molecular weight excluding hydrogens is 527 g/mol. The van der Waals surface area contributed by atoms with Crippen LogP contribution in [0.5, 0.6) is 11.5 Å². The molecular formula is C22H21ClF3N3O4S2. The molecule has 35 heavy (non-hydrogen) atoms. The Labute approximate surface area is 209 Å². The molecule has 0 amide bonds. The molecule has 1 aliphatic heterocycles. The van der Waals surface area contributed by atoms with Gasteiger partial charge in [0.2, 0.25) is 10.0 Å². The van der Waals surface area contributed by atoms with Crippen molar-refractivity contribution < 1.29 is 31.1 Å². The summed E-state index contributed by atoms with van der Waals surface area (Å²) in [5.41, 5.74) is 0.506. The molecule has 0 saturated carbocycles. The maximum atomic E-state index is 13.1. The first-order valence-electron chi connectivity index (χ1n) is 10.3. The van der Waals surface area contributed by atoms with Crippen LogP contribution in [-0.4, -0.2) is 58.1 Å². The van der Waals surface area contributed by atoms with Gasteiger partial charge >= 0.3 is 6.18 Å². The summed E-state index contributed by atoms with van der Waals surface area (Å²) in [5.74, 6) is 1.18. The number of rotatable bonds is 6. The summed E-state index contributed by atoms with van der Waals surface area (Å²) in [5, 5.41) is 2.35. The largest absolute Gasteiger partial charge is 0.493 e.